The van der Waals surface area contributed by atoms with Crippen molar-refractivity contribution in [2.24, 2.45) is 0 Å². The zero-order valence-electron chi connectivity index (χ0n) is 10.3. The maximum Gasteiger partial charge on any atom is 0.256 e. The molecule has 1 aromatic carbocycles. The predicted octanol–water partition coefficient (Wildman–Crippen LogP) is 3.87. The van der Waals surface area contributed by atoms with E-state index in [0.717, 1.165) is 10.2 Å². The summed E-state index contributed by atoms with van der Waals surface area (Å²) in [6.07, 6.45) is 3.34. The van der Waals surface area contributed by atoms with Gasteiger partial charge in [-0.3, -0.25) is 0 Å². The number of nitrogens with zero attached hydrogens (tertiary/aromatic N) is 5. The van der Waals surface area contributed by atoms with E-state index >= 15 is 0 Å². The molecule has 0 atom stereocenters. The second kappa shape index (κ2) is 5.97. The lowest BCUT2D eigenvalue weighted by molar-refractivity contribution is 0.798. The summed E-state index contributed by atoms with van der Waals surface area (Å²) in [5, 5.41) is 7.72. The van der Waals surface area contributed by atoms with Crippen LogP contribution < -0.4 is 5.32 Å². The molecular formula is C12H7BrCl2N6. The molecule has 0 bridgehead atoms. The van der Waals surface area contributed by atoms with Gasteiger partial charge in [0.2, 0.25) is 11.2 Å². The van der Waals surface area contributed by atoms with Crippen LogP contribution in [0.3, 0.4) is 0 Å². The van der Waals surface area contributed by atoms with Crippen LogP contribution in [0.2, 0.25) is 10.3 Å². The summed E-state index contributed by atoms with van der Waals surface area (Å²) in [7, 11) is 0. The van der Waals surface area contributed by atoms with Gasteiger partial charge < -0.3 is 5.32 Å². The Morgan fingerprint density at radius 3 is 2.71 bits per heavy atom. The maximum absolute atomic E-state index is 6.04. The fraction of sp³-hybridized carbons (Fsp3) is 0. The minimum absolute atomic E-state index is 0.0706. The Morgan fingerprint density at radius 1 is 1.14 bits per heavy atom. The van der Waals surface area contributed by atoms with Gasteiger partial charge >= 0.3 is 0 Å². The van der Waals surface area contributed by atoms with Crippen molar-refractivity contribution in [2.45, 2.75) is 0 Å². The minimum atomic E-state index is 0.0706. The lowest BCUT2D eigenvalue weighted by Crippen LogP contribution is -2.06. The van der Waals surface area contributed by atoms with Crippen LogP contribution >= 0.6 is 39.1 Å². The third-order valence-corrected chi connectivity index (χ3v) is 3.88. The van der Waals surface area contributed by atoms with E-state index in [9.17, 15) is 0 Å². The average Bonchev–Trinajstić information content (AvgIpc) is 2.96. The fourth-order valence-corrected chi connectivity index (χ4v) is 2.17. The Balaban J connectivity index is 1.93. The van der Waals surface area contributed by atoms with Gasteiger partial charge in [0.15, 0.2) is 0 Å². The highest BCUT2D eigenvalue weighted by molar-refractivity contribution is 9.10. The van der Waals surface area contributed by atoms with Crippen LogP contribution in [0.15, 0.2) is 41.1 Å². The monoisotopic (exact) mass is 384 g/mol. The summed E-state index contributed by atoms with van der Waals surface area (Å²) < 4.78 is 2.30. The number of halogens is 3. The van der Waals surface area contributed by atoms with Gasteiger partial charge in [0.25, 0.3) is 5.95 Å². The molecule has 0 amide bonds. The standard InChI is InChI=1S/C12H7BrCl2N6/c13-8-3-2-7(6-9(8)14)17-11-18-10(15)19-12(20-11)21-5-1-4-16-21/h1-6H,(H,17,18,19,20). The van der Waals surface area contributed by atoms with Crippen molar-refractivity contribution in [1.82, 2.24) is 24.7 Å². The van der Waals surface area contributed by atoms with Crippen molar-refractivity contribution in [2.75, 3.05) is 5.32 Å². The van der Waals surface area contributed by atoms with Gasteiger partial charge in [-0.05, 0) is 51.8 Å². The second-order valence-electron chi connectivity index (χ2n) is 3.93. The molecule has 0 aliphatic carbocycles. The Bertz CT molecular complexity index is 777. The first kappa shape index (κ1) is 14.2. The molecule has 9 heteroatoms. The van der Waals surface area contributed by atoms with Crippen molar-refractivity contribution in [3.8, 4) is 5.95 Å². The summed E-state index contributed by atoms with van der Waals surface area (Å²) in [4.78, 5) is 12.3. The molecule has 0 fully saturated rings. The van der Waals surface area contributed by atoms with E-state index in [2.05, 4.69) is 41.3 Å². The van der Waals surface area contributed by atoms with E-state index in [-0.39, 0.29) is 5.28 Å². The number of hydrogen-bond acceptors (Lipinski definition) is 5. The van der Waals surface area contributed by atoms with Crippen molar-refractivity contribution < 1.29 is 0 Å². The highest BCUT2D eigenvalue weighted by Crippen LogP contribution is 2.26. The molecule has 0 aliphatic heterocycles. The summed E-state index contributed by atoms with van der Waals surface area (Å²) in [5.74, 6) is 0.629. The van der Waals surface area contributed by atoms with Gasteiger partial charge in [0.05, 0.1) is 5.02 Å². The SMILES string of the molecule is Clc1nc(Nc2ccc(Br)c(Cl)c2)nc(-n2cccn2)n1. The fourth-order valence-electron chi connectivity index (χ4n) is 1.59. The minimum Gasteiger partial charge on any atom is -0.324 e. The van der Waals surface area contributed by atoms with E-state index in [1.807, 2.05) is 12.1 Å². The highest BCUT2D eigenvalue weighted by atomic mass is 79.9. The normalized spacial score (nSPS) is 10.6. The molecule has 3 rings (SSSR count). The van der Waals surface area contributed by atoms with Crippen LogP contribution in [0.4, 0.5) is 11.6 Å². The average molecular weight is 386 g/mol. The molecule has 3 aromatic rings. The van der Waals surface area contributed by atoms with Crippen LogP contribution in [0.1, 0.15) is 0 Å². The smallest absolute Gasteiger partial charge is 0.256 e. The van der Waals surface area contributed by atoms with Gasteiger partial charge in [0.1, 0.15) is 0 Å². The molecule has 0 aliphatic rings. The van der Waals surface area contributed by atoms with Crippen LogP contribution in [-0.2, 0) is 0 Å². The summed E-state index contributed by atoms with van der Waals surface area (Å²) >= 11 is 15.3. The molecule has 0 saturated heterocycles. The quantitative estimate of drug-likeness (QED) is 0.741. The summed E-state index contributed by atoms with van der Waals surface area (Å²) in [6, 6.07) is 7.17. The molecule has 0 radical (unpaired) electrons. The first-order chi connectivity index (χ1) is 10.1. The van der Waals surface area contributed by atoms with E-state index in [0.29, 0.717) is 16.9 Å². The first-order valence-corrected chi connectivity index (χ1v) is 7.30. The third kappa shape index (κ3) is 3.31. The van der Waals surface area contributed by atoms with Crippen molar-refractivity contribution in [1.29, 1.82) is 0 Å². The Labute approximate surface area is 138 Å². The number of rotatable bonds is 3. The molecule has 6 nitrogen and oxygen atoms in total. The second-order valence-corrected chi connectivity index (χ2v) is 5.53. The van der Waals surface area contributed by atoms with Crippen LogP contribution in [0, 0.1) is 0 Å². The number of benzene rings is 1. The highest BCUT2D eigenvalue weighted by Gasteiger charge is 2.08. The van der Waals surface area contributed by atoms with Gasteiger partial charge in [-0.2, -0.15) is 20.1 Å². The molecule has 0 saturated carbocycles. The Morgan fingerprint density at radius 2 is 2.00 bits per heavy atom. The molecule has 2 heterocycles. The molecule has 0 spiro atoms. The maximum atomic E-state index is 6.04. The Hall–Kier alpha value is -1.70. The van der Waals surface area contributed by atoms with Crippen LogP contribution in [0.5, 0.6) is 0 Å². The van der Waals surface area contributed by atoms with E-state index in [4.69, 9.17) is 23.2 Å². The Kier molecular flexibility index (Phi) is 4.05. The van der Waals surface area contributed by atoms with Crippen molar-refractivity contribution >= 4 is 50.8 Å². The van der Waals surface area contributed by atoms with Gasteiger partial charge in [-0.15, -0.1) is 0 Å². The molecule has 21 heavy (non-hydrogen) atoms. The van der Waals surface area contributed by atoms with Crippen LogP contribution in [0.25, 0.3) is 5.95 Å². The number of anilines is 2. The van der Waals surface area contributed by atoms with E-state index in [1.54, 1.807) is 24.5 Å². The summed E-state index contributed by atoms with van der Waals surface area (Å²) in [6.45, 7) is 0. The van der Waals surface area contributed by atoms with Gasteiger partial charge in [-0.1, -0.05) is 11.6 Å². The zero-order valence-corrected chi connectivity index (χ0v) is 13.4. The van der Waals surface area contributed by atoms with E-state index < -0.39 is 0 Å². The number of nitrogens with one attached hydrogen (secondary N) is 1. The number of hydrogen-bond donors (Lipinski definition) is 1. The lowest BCUT2D eigenvalue weighted by atomic mass is 10.3. The lowest BCUT2D eigenvalue weighted by Gasteiger charge is -2.07. The van der Waals surface area contributed by atoms with E-state index in [1.165, 1.54) is 4.68 Å². The summed E-state index contributed by atoms with van der Waals surface area (Å²) in [5.41, 5.74) is 0.733. The van der Waals surface area contributed by atoms with Gasteiger partial charge in [0, 0.05) is 22.6 Å². The molecule has 1 N–H and O–H groups in total. The first-order valence-electron chi connectivity index (χ1n) is 5.75. The van der Waals surface area contributed by atoms with Crippen molar-refractivity contribution in [3.05, 3.63) is 51.4 Å². The van der Waals surface area contributed by atoms with Crippen LogP contribution in [-0.4, -0.2) is 24.7 Å². The van der Waals surface area contributed by atoms with Gasteiger partial charge in [-0.25, -0.2) is 4.68 Å². The predicted molar refractivity (Wildman–Crippen MR) is 84.4 cm³/mol. The topological polar surface area (TPSA) is 68.5 Å². The molecule has 0 unspecified atom stereocenters. The molecule has 2 aromatic heterocycles. The molecule has 106 valence electrons. The van der Waals surface area contributed by atoms with Crippen molar-refractivity contribution in [3.63, 3.8) is 0 Å². The molecular weight excluding hydrogens is 379 g/mol. The third-order valence-electron chi connectivity index (χ3n) is 2.48. The number of aromatic nitrogens is 5. The zero-order chi connectivity index (χ0) is 14.8. The largest absolute Gasteiger partial charge is 0.324 e.